The van der Waals surface area contributed by atoms with Crippen molar-refractivity contribution in [1.82, 2.24) is 19.6 Å². The Labute approximate surface area is 231 Å². The van der Waals surface area contributed by atoms with E-state index in [-0.39, 0.29) is 11.4 Å². The van der Waals surface area contributed by atoms with E-state index >= 15 is 4.39 Å². The molecule has 1 aliphatic heterocycles. The highest BCUT2D eigenvalue weighted by molar-refractivity contribution is 7.52. The Balaban J connectivity index is 1.55. The fourth-order valence-electron chi connectivity index (χ4n) is 4.10. The third kappa shape index (κ3) is 6.60. The number of H-pyrrole nitrogens is 1. The molecule has 3 aromatic rings. The summed E-state index contributed by atoms with van der Waals surface area (Å²) < 4.78 is 65.3. The van der Waals surface area contributed by atoms with Crippen LogP contribution in [0.5, 0.6) is 5.75 Å². The van der Waals surface area contributed by atoms with Crippen LogP contribution in [0.25, 0.3) is 11.3 Å². The van der Waals surface area contributed by atoms with Crippen molar-refractivity contribution in [2.45, 2.75) is 44.0 Å². The molecule has 0 saturated carbocycles. The minimum atomic E-state index is -4.46. The highest BCUT2D eigenvalue weighted by Gasteiger charge is 2.56. The van der Waals surface area contributed by atoms with Crippen LogP contribution in [0.15, 0.2) is 64.4 Å². The third-order valence-corrected chi connectivity index (χ3v) is 7.89. The van der Waals surface area contributed by atoms with E-state index < -0.39 is 67.5 Å². The van der Waals surface area contributed by atoms with Crippen LogP contribution in [0.2, 0.25) is 0 Å². The number of aromatic amines is 1. The Morgan fingerprint density at radius 2 is 2.00 bits per heavy atom. The number of aromatic nitrogens is 3. The van der Waals surface area contributed by atoms with Crippen LogP contribution in [0.1, 0.15) is 20.1 Å². The normalized spacial score (nSPS) is 24.4. The van der Waals surface area contributed by atoms with Gasteiger partial charge in [-0.05, 0) is 50.2 Å². The molecule has 220 valence electrons. The molecule has 1 saturated heterocycles. The number of benzene rings is 1. The number of carbonyl (C=O) groups excluding carboxylic acids is 1. The van der Waals surface area contributed by atoms with Crippen LogP contribution in [-0.2, 0) is 23.4 Å². The first-order valence-electron chi connectivity index (χ1n) is 12.2. The molecule has 0 amide bonds. The second kappa shape index (κ2) is 12.0. The highest BCUT2D eigenvalue weighted by Crippen LogP contribution is 2.47. The third-order valence-electron chi connectivity index (χ3n) is 6.25. The van der Waals surface area contributed by atoms with Crippen LogP contribution in [-0.4, -0.2) is 63.2 Å². The molecule has 41 heavy (non-hydrogen) atoms. The molecule has 0 radical (unpaired) electrons. The van der Waals surface area contributed by atoms with Crippen LogP contribution in [0.3, 0.4) is 0 Å². The van der Waals surface area contributed by atoms with Crippen molar-refractivity contribution in [2.75, 3.05) is 13.7 Å². The molecule has 0 aliphatic carbocycles. The van der Waals surface area contributed by atoms with Crippen LogP contribution in [0, 0.1) is 5.82 Å². The molecule has 3 N–H and O–H groups in total. The molecule has 2 aromatic heterocycles. The fourth-order valence-corrected chi connectivity index (χ4v) is 5.60. The summed E-state index contributed by atoms with van der Waals surface area (Å²) in [6, 6.07) is 8.11. The van der Waals surface area contributed by atoms with Gasteiger partial charge in [0.05, 0.1) is 13.7 Å². The second-order valence-corrected chi connectivity index (χ2v) is 11.0. The largest absolute Gasteiger partial charge is 0.468 e. The first-order chi connectivity index (χ1) is 19.3. The van der Waals surface area contributed by atoms with E-state index in [1.165, 1.54) is 49.5 Å². The molecule has 0 bridgehead atoms. The molecule has 16 heteroatoms. The van der Waals surface area contributed by atoms with E-state index in [9.17, 15) is 28.4 Å². The standard InChI is InChI=1S/C25H27F2N4O9P/c1-14(22(34)37-3)30-41(36,40-16-8-6-15(7-9-16)20-17(26)5-4-11-28-20)38-13-18-21(33)25(2,27)23(39-18)31-12-10-19(32)29-24(31)35/h4-12,14,18,21,23,33H,13H2,1-3H3,(H,30,36)(H,29,32,35)/t14-,18?,21+,23+,25+,41?/m0/s1. The van der Waals surface area contributed by atoms with Crippen molar-refractivity contribution in [3.05, 3.63) is 81.5 Å². The number of pyridine rings is 1. The van der Waals surface area contributed by atoms with Gasteiger partial charge in [-0.3, -0.25) is 28.6 Å². The number of hydrogen-bond donors (Lipinski definition) is 3. The van der Waals surface area contributed by atoms with Gasteiger partial charge >= 0.3 is 19.4 Å². The van der Waals surface area contributed by atoms with Gasteiger partial charge < -0.3 is 19.1 Å². The molecule has 2 unspecified atom stereocenters. The van der Waals surface area contributed by atoms with Gasteiger partial charge in [0.15, 0.2) is 11.9 Å². The van der Waals surface area contributed by atoms with E-state index in [2.05, 4.69) is 14.8 Å². The summed E-state index contributed by atoms with van der Waals surface area (Å²) >= 11 is 0. The number of rotatable bonds is 10. The van der Waals surface area contributed by atoms with Gasteiger partial charge in [-0.1, -0.05) is 0 Å². The lowest BCUT2D eigenvalue weighted by Gasteiger charge is -2.25. The van der Waals surface area contributed by atoms with Crippen molar-refractivity contribution in [3.63, 3.8) is 0 Å². The number of nitrogens with zero attached hydrogens (tertiary/aromatic N) is 2. The smallest absolute Gasteiger partial charge is 0.459 e. The maximum absolute atomic E-state index is 15.5. The van der Waals surface area contributed by atoms with Gasteiger partial charge in [0, 0.05) is 24.0 Å². The number of halogens is 2. The van der Waals surface area contributed by atoms with Gasteiger partial charge in [0.25, 0.3) is 5.56 Å². The van der Waals surface area contributed by atoms with Gasteiger partial charge in [-0.2, -0.15) is 5.09 Å². The lowest BCUT2D eigenvalue weighted by Crippen LogP contribution is -2.43. The number of aliphatic hydroxyl groups is 1. The lowest BCUT2D eigenvalue weighted by molar-refractivity contribution is -0.142. The summed E-state index contributed by atoms with van der Waals surface area (Å²) in [5.41, 5.74) is -3.75. The number of aliphatic hydroxyl groups excluding tert-OH is 1. The minimum absolute atomic E-state index is 0.0149. The monoisotopic (exact) mass is 596 g/mol. The number of hydrogen-bond acceptors (Lipinski definition) is 10. The number of alkyl halides is 1. The van der Waals surface area contributed by atoms with Gasteiger partial charge in [0.1, 0.15) is 35.5 Å². The van der Waals surface area contributed by atoms with Crippen molar-refractivity contribution < 1.29 is 41.8 Å². The zero-order valence-electron chi connectivity index (χ0n) is 22.0. The number of methoxy groups -OCH3 is 1. The Bertz CT molecular complexity index is 1560. The van der Waals surface area contributed by atoms with Crippen molar-refractivity contribution >= 4 is 13.7 Å². The summed E-state index contributed by atoms with van der Waals surface area (Å²) in [4.78, 5) is 41.6. The summed E-state index contributed by atoms with van der Waals surface area (Å²) in [5.74, 6) is -1.37. The quantitative estimate of drug-likeness (QED) is 0.231. The van der Waals surface area contributed by atoms with E-state index in [1.807, 2.05) is 4.98 Å². The van der Waals surface area contributed by atoms with E-state index in [1.54, 1.807) is 0 Å². The molecule has 1 fully saturated rings. The maximum atomic E-state index is 15.5. The Morgan fingerprint density at radius 1 is 1.29 bits per heavy atom. The summed E-state index contributed by atoms with van der Waals surface area (Å²) in [6.07, 6.45) is -2.57. The molecule has 4 rings (SSSR count). The molecule has 6 atom stereocenters. The molecule has 1 aromatic carbocycles. The molecular weight excluding hydrogens is 569 g/mol. The van der Waals surface area contributed by atoms with Crippen molar-refractivity contribution in [3.8, 4) is 17.0 Å². The Kier molecular flexibility index (Phi) is 8.85. The van der Waals surface area contributed by atoms with E-state index in [0.717, 1.165) is 30.9 Å². The molecule has 0 spiro atoms. The van der Waals surface area contributed by atoms with Gasteiger partial charge in [0.2, 0.25) is 0 Å². The average molecular weight is 596 g/mol. The molecular formula is C25H27F2N4O9P. The Morgan fingerprint density at radius 3 is 2.63 bits per heavy atom. The van der Waals surface area contributed by atoms with Crippen LogP contribution >= 0.6 is 7.75 Å². The topological polar surface area (TPSA) is 171 Å². The second-order valence-electron chi connectivity index (χ2n) is 9.26. The Hall–Kier alpha value is -3.75. The zero-order valence-corrected chi connectivity index (χ0v) is 22.9. The minimum Gasteiger partial charge on any atom is -0.468 e. The zero-order chi connectivity index (χ0) is 29.9. The molecule has 13 nitrogen and oxygen atoms in total. The number of carbonyl (C=O) groups is 1. The lowest BCUT2D eigenvalue weighted by atomic mass is 9.98. The van der Waals surface area contributed by atoms with Gasteiger partial charge in [-0.25, -0.2) is 18.1 Å². The summed E-state index contributed by atoms with van der Waals surface area (Å²) in [5, 5.41) is 13.0. The fraction of sp³-hybridized carbons (Fsp3) is 0.360. The first kappa shape index (κ1) is 30.2. The first-order valence-corrected chi connectivity index (χ1v) is 13.7. The predicted molar refractivity (Wildman–Crippen MR) is 139 cm³/mol. The highest BCUT2D eigenvalue weighted by atomic mass is 31.2. The van der Waals surface area contributed by atoms with Crippen molar-refractivity contribution in [1.29, 1.82) is 0 Å². The number of ether oxygens (including phenoxy) is 2. The average Bonchev–Trinajstić information content (AvgIpc) is 3.15. The maximum Gasteiger partial charge on any atom is 0.459 e. The predicted octanol–water partition coefficient (Wildman–Crippen LogP) is 2.08. The number of nitrogens with one attached hydrogen (secondary N) is 2. The molecule has 3 heterocycles. The van der Waals surface area contributed by atoms with Crippen molar-refractivity contribution in [2.24, 2.45) is 0 Å². The van der Waals surface area contributed by atoms with E-state index in [0.29, 0.717) is 5.56 Å². The number of esters is 1. The molecule has 1 aliphatic rings. The summed E-state index contributed by atoms with van der Waals surface area (Å²) in [7, 11) is -3.34. The van der Waals surface area contributed by atoms with E-state index in [4.69, 9.17) is 13.8 Å². The summed E-state index contributed by atoms with van der Waals surface area (Å²) in [6.45, 7) is 1.60. The van der Waals surface area contributed by atoms with Crippen LogP contribution in [0.4, 0.5) is 8.78 Å². The van der Waals surface area contributed by atoms with Gasteiger partial charge in [-0.15, -0.1) is 0 Å². The van der Waals surface area contributed by atoms with Crippen LogP contribution < -0.4 is 20.9 Å². The SMILES string of the molecule is COC(=O)[C@H](C)NP(=O)(OCC1O[C@@H](n2ccc(=O)[nH]c2=O)[C@](C)(F)[C@@H]1O)Oc1ccc(-c2ncccc2F)cc1.